The lowest BCUT2D eigenvalue weighted by atomic mass is 9.96. The van der Waals surface area contributed by atoms with Crippen molar-refractivity contribution in [3.8, 4) is 0 Å². The lowest BCUT2D eigenvalue weighted by Gasteiger charge is -2.64. The molecule has 1 rings (SSSR count). The fourth-order valence-corrected chi connectivity index (χ4v) is 17.9. The summed E-state index contributed by atoms with van der Waals surface area (Å²) in [6.45, 7) is 0. The molecule has 1 nitrogen and oxygen atoms in total. The van der Waals surface area contributed by atoms with Gasteiger partial charge in [-0.3, -0.25) is 0 Å². The molecule has 1 N–H and O–H groups in total. The van der Waals surface area contributed by atoms with Gasteiger partial charge in [-0.15, -0.1) is 0 Å². The van der Waals surface area contributed by atoms with Crippen LogP contribution in [0.4, 0.5) is 0 Å². The molecule has 0 amide bonds. The molecule has 144 valence electrons. The van der Waals surface area contributed by atoms with E-state index in [1.54, 1.807) is 0 Å². The van der Waals surface area contributed by atoms with Crippen molar-refractivity contribution in [1.82, 2.24) is 0 Å². The monoisotopic (exact) mass is 1300 g/mol. The van der Waals surface area contributed by atoms with Gasteiger partial charge in [0.25, 0.3) is 0 Å². The third-order valence-corrected chi connectivity index (χ3v) is 35.9. The van der Waals surface area contributed by atoms with Gasteiger partial charge in [-0.25, -0.2) is 0 Å². The van der Waals surface area contributed by atoms with Crippen LogP contribution in [0.1, 0.15) is 0 Å². The molecule has 1 aliphatic rings. The molecule has 0 aromatic carbocycles. The van der Waals surface area contributed by atoms with Crippen molar-refractivity contribution < 1.29 is 5.11 Å². The third kappa shape index (κ3) is 3.69. The fourth-order valence-electron chi connectivity index (χ4n) is 1.60. The zero-order valence-corrected chi connectivity index (χ0v) is 33.9. The smallest absolute Gasteiger partial charge is 0.174 e. The Kier molecular flexibility index (Phi) is 10.3. The molecule has 1 saturated carbocycles. The normalized spacial score (nSPS) is 34.0. The van der Waals surface area contributed by atoms with Gasteiger partial charge in [-0.2, -0.15) is 0 Å². The number of aliphatic hydroxyl groups is 1. The molecule has 24 heavy (non-hydrogen) atoms. The minimum Gasteiger partial charge on any atom is -0.374 e. The van der Waals surface area contributed by atoms with Crippen molar-refractivity contribution in [3.05, 3.63) is 0 Å². The first kappa shape index (κ1) is 29.2. The Balaban J connectivity index is 4.09. The van der Waals surface area contributed by atoms with Gasteiger partial charge in [0.05, 0.1) is 0 Å². The van der Waals surface area contributed by atoms with Crippen LogP contribution in [0, 0.1) is 0 Å². The molecule has 1 aliphatic carbocycles. The van der Waals surface area contributed by atoms with Gasteiger partial charge < -0.3 is 5.11 Å². The third-order valence-electron chi connectivity index (χ3n) is 3.20. The predicted octanol–water partition coefficient (Wildman–Crippen LogP) is 10.5. The van der Waals surface area contributed by atoms with E-state index in [1.165, 1.54) is 0 Å². The quantitative estimate of drug-likeness (QED) is 0.240. The zero-order valence-electron chi connectivity index (χ0n) is 10.1. The SMILES string of the molecule is OC1(Br)C(Br)(Br)C(Br)(Br)C(Br)(Br)C(Br)(Br)C(Br)(Br)C(Br)(Br)C1(Br)Br. The maximum atomic E-state index is 11.5. The molecule has 0 heterocycles. The highest BCUT2D eigenvalue weighted by atomic mass is 79.9. The first-order chi connectivity index (χ1) is 10.0. The van der Waals surface area contributed by atoms with Crippen LogP contribution >= 0.6 is 239 Å². The fraction of sp³-hybridized carbons (Fsp3) is 1.00. The van der Waals surface area contributed by atoms with Gasteiger partial charge in [0.15, 0.2) is 4.51 Å². The molecule has 0 bridgehead atoms. The van der Waals surface area contributed by atoms with Crippen LogP contribution < -0.4 is 0 Å². The Morgan fingerprint density at radius 1 is 0.292 bits per heavy atom. The number of alkyl halides is 15. The summed E-state index contributed by atoms with van der Waals surface area (Å²) in [6, 6.07) is 0. The summed E-state index contributed by atoms with van der Waals surface area (Å²) in [5, 5.41) is 11.5. The van der Waals surface area contributed by atoms with Crippen LogP contribution in [-0.2, 0) is 0 Å². The van der Waals surface area contributed by atoms with Crippen molar-refractivity contribution in [2.75, 3.05) is 0 Å². The number of hydrogen-bond donors (Lipinski definition) is 1. The van der Waals surface area contributed by atoms with E-state index in [0.29, 0.717) is 0 Å². The van der Waals surface area contributed by atoms with Gasteiger partial charge in [-0.1, -0.05) is 223 Å². The molecule has 0 saturated heterocycles. The summed E-state index contributed by atoms with van der Waals surface area (Å²) in [5.74, 6) is 0. The van der Waals surface area contributed by atoms with Crippen molar-refractivity contribution in [3.63, 3.8) is 0 Å². The zero-order chi connectivity index (χ0) is 20.0. The molecular weight excluding hydrogens is 1310 g/mol. The molecule has 0 aromatic heterocycles. The van der Waals surface area contributed by atoms with E-state index >= 15 is 0 Å². The Labute approximate surface area is 265 Å². The predicted molar refractivity (Wildman–Crippen MR) is 158 cm³/mol. The lowest BCUT2D eigenvalue weighted by molar-refractivity contribution is 0.114. The molecule has 0 unspecified atom stereocenters. The van der Waals surface area contributed by atoms with Gasteiger partial charge in [0.1, 0.15) is 22.6 Å². The highest BCUT2D eigenvalue weighted by Gasteiger charge is 2.84. The average molecular weight is 1310 g/mol. The molecule has 1 fully saturated rings. The number of hydrogen-bond acceptors (Lipinski definition) is 1. The van der Waals surface area contributed by atoms with E-state index in [0.717, 1.165) is 0 Å². The number of rotatable bonds is 0. The summed E-state index contributed by atoms with van der Waals surface area (Å²) >= 11 is 54.9. The highest BCUT2D eigenvalue weighted by molar-refractivity contribution is 9.37. The molecule has 0 aromatic rings. The van der Waals surface area contributed by atoms with E-state index in [-0.39, 0.29) is 0 Å². The van der Waals surface area contributed by atoms with Crippen LogP contribution in [0.2, 0.25) is 0 Å². The second kappa shape index (κ2) is 8.43. The first-order valence-electron chi connectivity index (χ1n) is 5.06. The summed E-state index contributed by atoms with van der Waals surface area (Å²) < 4.78 is -9.21. The van der Waals surface area contributed by atoms with Gasteiger partial charge in [0.2, 0.25) is 0 Å². The summed E-state index contributed by atoms with van der Waals surface area (Å²) in [7, 11) is 0. The maximum absolute atomic E-state index is 11.5. The van der Waals surface area contributed by atoms with Crippen LogP contribution in [-0.4, -0.2) is 32.3 Å². The van der Waals surface area contributed by atoms with E-state index < -0.39 is 27.1 Å². The van der Waals surface area contributed by atoms with Crippen molar-refractivity contribution in [2.45, 2.75) is 27.1 Å². The van der Waals surface area contributed by atoms with Crippen LogP contribution in [0.25, 0.3) is 0 Å². The molecular formula is C8HBr15O. The van der Waals surface area contributed by atoms with Crippen molar-refractivity contribution in [1.29, 1.82) is 0 Å². The van der Waals surface area contributed by atoms with Crippen LogP contribution in [0.15, 0.2) is 0 Å². The Morgan fingerprint density at radius 2 is 0.417 bits per heavy atom. The Hall–Kier alpha value is 7.16. The average Bonchev–Trinajstić information content (AvgIpc) is 2.35. The van der Waals surface area contributed by atoms with Gasteiger partial charge in [0, 0.05) is 0 Å². The van der Waals surface area contributed by atoms with Crippen molar-refractivity contribution in [2.24, 2.45) is 0 Å². The Bertz CT molecular complexity index is 356. The van der Waals surface area contributed by atoms with Crippen LogP contribution in [0.3, 0.4) is 0 Å². The summed E-state index contributed by atoms with van der Waals surface area (Å²) in [4.78, 5) is 0. The second-order valence-electron chi connectivity index (χ2n) is 4.64. The van der Waals surface area contributed by atoms with Crippen molar-refractivity contribution >= 4 is 239 Å². The van der Waals surface area contributed by atoms with E-state index in [2.05, 4.69) is 239 Å². The van der Waals surface area contributed by atoms with E-state index in [9.17, 15) is 5.11 Å². The first-order valence-corrected chi connectivity index (χ1v) is 17.0. The Morgan fingerprint density at radius 3 is 0.583 bits per heavy atom. The summed E-state index contributed by atoms with van der Waals surface area (Å²) in [5.41, 5.74) is 0. The number of halogens is 15. The molecule has 0 aliphatic heterocycles. The molecule has 0 radical (unpaired) electrons. The highest BCUT2D eigenvalue weighted by Crippen LogP contribution is 2.82. The molecule has 0 spiro atoms. The minimum atomic E-state index is -1.68. The van der Waals surface area contributed by atoms with Gasteiger partial charge in [-0.05, 0) is 15.9 Å². The second-order valence-corrected chi connectivity index (χ2v) is 29.9. The topological polar surface area (TPSA) is 20.2 Å². The standard InChI is InChI=1S/C8HBr15O/c9-1(10)2(11,12)4(15,16)6(19,20)8(23,24)7(21,22)5(17,18)3(1,13)14/h24H. The van der Waals surface area contributed by atoms with Crippen LogP contribution in [0.5, 0.6) is 0 Å². The largest absolute Gasteiger partial charge is 0.374 e. The lowest BCUT2D eigenvalue weighted by Crippen LogP contribution is -2.77. The minimum absolute atomic E-state index is 0.955. The molecule has 16 heteroatoms. The van der Waals surface area contributed by atoms with Gasteiger partial charge >= 0.3 is 0 Å². The summed E-state index contributed by atoms with van der Waals surface area (Å²) in [6.07, 6.45) is 0. The van der Waals surface area contributed by atoms with E-state index in [4.69, 9.17) is 0 Å². The molecule has 0 atom stereocenters. The maximum Gasteiger partial charge on any atom is 0.174 e. The van der Waals surface area contributed by atoms with E-state index in [1.807, 2.05) is 0 Å².